The predicted octanol–water partition coefficient (Wildman–Crippen LogP) is 2.84. The van der Waals surface area contributed by atoms with Gasteiger partial charge in [0, 0.05) is 19.2 Å². The molecule has 2 aromatic rings. The van der Waals surface area contributed by atoms with Gasteiger partial charge in [-0.05, 0) is 18.2 Å². The van der Waals surface area contributed by atoms with Crippen molar-refractivity contribution in [3.63, 3.8) is 0 Å². The van der Waals surface area contributed by atoms with Crippen LogP contribution < -0.4 is 4.90 Å². The van der Waals surface area contributed by atoms with Crippen molar-refractivity contribution >= 4 is 17.4 Å². The Morgan fingerprint density at radius 3 is 3.00 bits per heavy atom. The van der Waals surface area contributed by atoms with Gasteiger partial charge in [0.1, 0.15) is 11.0 Å². The number of hydrogen-bond donors (Lipinski definition) is 0. The second-order valence-electron chi connectivity index (χ2n) is 3.64. The maximum absolute atomic E-state index is 8.86. The smallest absolute Gasteiger partial charge is 0.132 e. The maximum Gasteiger partial charge on any atom is 0.132 e. The summed E-state index contributed by atoms with van der Waals surface area (Å²) in [6.45, 7) is 0.648. The lowest BCUT2D eigenvalue weighted by atomic mass is 10.2. The number of halogens is 1. The first-order chi connectivity index (χ1) is 8.19. The predicted molar refractivity (Wildman–Crippen MR) is 64.8 cm³/mol. The molecule has 5 heteroatoms. The van der Waals surface area contributed by atoms with Crippen LogP contribution in [0.4, 0.5) is 5.82 Å². The van der Waals surface area contributed by atoms with Gasteiger partial charge in [0.05, 0.1) is 24.2 Å². The first-order valence-corrected chi connectivity index (χ1v) is 5.37. The van der Waals surface area contributed by atoms with Crippen LogP contribution in [0.5, 0.6) is 0 Å². The molecule has 0 atom stereocenters. The highest BCUT2D eigenvalue weighted by Crippen LogP contribution is 2.18. The van der Waals surface area contributed by atoms with Gasteiger partial charge in [0.25, 0.3) is 0 Å². The second-order valence-corrected chi connectivity index (χ2v) is 4.02. The summed E-state index contributed by atoms with van der Waals surface area (Å²) in [5.74, 6) is 0.662. The summed E-state index contributed by atoms with van der Waals surface area (Å²) < 4.78 is 4.99. The van der Waals surface area contributed by atoms with E-state index >= 15 is 0 Å². The third kappa shape index (κ3) is 2.77. The summed E-state index contributed by atoms with van der Waals surface area (Å²) in [5.41, 5.74) is 1.53. The van der Waals surface area contributed by atoms with Gasteiger partial charge in [0.2, 0.25) is 0 Å². The highest BCUT2D eigenvalue weighted by atomic mass is 35.5. The van der Waals surface area contributed by atoms with Gasteiger partial charge in [-0.1, -0.05) is 11.6 Å². The van der Waals surface area contributed by atoms with Gasteiger partial charge in [-0.25, -0.2) is 4.98 Å². The van der Waals surface area contributed by atoms with Gasteiger partial charge < -0.3 is 9.32 Å². The molecular formula is C12H10ClN3O. The average molecular weight is 248 g/mol. The normalized spacial score (nSPS) is 9.94. The monoisotopic (exact) mass is 247 g/mol. The minimum absolute atomic E-state index is 0.318. The van der Waals surface area contributed by atoms with Crippen LogP contribution in [-0.4, -0.2) is 12.0 Å². The number of rotatable bonds is 3. The molecule has 2 rings (SSSR count). The molecule has 0 aliphatic rings. The Kier molecular flexibility index (Phi) is 3.31. The van der Waals surface area contributed by atoms with E-state index in [1.807, 2.05) is 18.0 Å². The van der Waals surface area contributed by atoms with Crippen molar-refractivity contribution in [3.8, 4) is 6.07 Å². The molecule has 0 N–H and O–H groups in total. The van der Waals surface area contributed by atoms with E-state index in [1.165, 1.54) is 6.07 Å². The van der Waals surface area contributed by atoms with Crippen molar-refractivity contribution in [2.24, 2.45) is 0 Å². The molecule has 0 unspecified atom stereocenters. The van der Waals surface area contributed by atoms with Crippen LogP contribution in [0.1, 0.15) is 11.1 Å². The Morgan fingerprint density at radius 2 is 2.35 bits per heavy atom. The van der Waals surface area contributed by atoms with Gasteiger partial charge in [-0.2, -0.15) is 5.26 Å². The molecular weight excluding hydrogens is 238 g/mol. The molecule has 0 saturated heterocycles. The van der Waals surface area contributed by atoms with Crippen LogP contribution in [-0.2, 0) is 6.54 Å². The molecule has 0 aliphatic carbocycles. The van der Waals surface area contributed by atoms with E-state index in [0.29, 0.717) is 23.1 Å². The lowest BCUT2D eigenvalue weighted by molar-refractivity contribution is 0.563. The summed E-state index contributed by atoms with van der Waals surface area (Å²) >= 11 is 5.85. The van der Waals surface area contributed by atoms with Crippen LogP contribution in [0.15, 0.2) is 35.1 Å². The molecule has 4 nitrogen and oxygen atoms in total. The third-order valence-corrected chi connectivity index (χ3v) is 2.49. The molecule has 0 saturated carbocycles. The SMILES string of the molecule is CN(Cc1ccoc1)c1cc(C#N)cc(Cl)n1. The Labute approximate surface area is 104 Å². The number of furan rings is 1. The third-order valence-electron chi connectivity index (χ3n) is 2.30. The summed E-state index contributed by atoms with van der Waals surface area (Å²) in [7, 11) is 1.88. The summed E-state index contributed by atoms with van der Waals surface area (Å²) in [5, 5.41) is 9.17. The number of pyridine rings is 1. The van der Waals surface area contributed by atoms with Crippen molar-refractivity contribution in [3.05, 3.63) is 47.0 Å². The fourth-order valence-corrected chi connectivity index (χ4v) is 1.68. The summed E-state index contributed by atoms with van der Waals surface area (Å²) in [6.07, 6.45) is 3.29. The zero-order chi connectivity index (χ0) is 12.3. The van der Waals surface area contributed by atoms with E-state index < -0.39 is 0 Å². The van der Waals surface area contributed by atoms with Gasteiger partial charge >= 0.3 is 0 Å². The molecule has 0 amide bonds. The van der Waals surface area contributed by atoms with E-state index in [0.717, 1.165) is 5.56 Å². The zero-order valence-electron chi connectivity index (χ0n) is 9.22. The summed E-state index contributed by atoms with van der Waals surface area (Å²) in [6, 6.07) is 7.17. The lowest BCUT2D eigenvalue weighted by Crippen LogP contribution is -2.17. The molecule has 86 valence electrons. The van der Waals surface area contributed by atoms with Crippen molar-refractivity contribution in [1.82, 2.24) is 4.98 Å². The van der Waals surface area contributed by atoms with Crippen LogP contribution in [0.3, 0.4) is 0 Å². The van der Waals surface area contributed by atoms with Crippen LogP contribution in [0.2, 0.25) is 5.15 Å². The molecule has 0 aliphatic heterocycles. The quantitative estimate of drug-likeness (QED) is 0.783. The van der Waals surface area contributed by atoms with E-state index in [2.05, 4.69) is 11.1 Å². The topological polar surface area (TPSA) is 53.1 Å². The molecule has 2 heterocycles. The van der Waals surface area contributed by atoms with Crippen LogP contribution in [0, 0.1) is 11.3 Å². The van der Waals surface area contributed by atoms with Crippen molar-refractivity contribution in [2.45, 2.75) is 6.54 Å². The highest BCUT2D eigenvalue weighted by molar-refractivity contribution is 6.29. The van der Waals surface area contributed by atoms with E-state index in [1.54, 1.807) is 18.6 Å². The Bertz CT molecular complexity index is 545. The largest absolute Gasteiger partial charge is 0.472 e. The molecule has 0 fully saturated rings. The molecule has 0 bridgehead atoms. The van der Waals surface area contributed by atoms with E-state index in [-0.39, 0.29) is 0 Å². The molecule has 17 heavy (non-hydrogen) atoms. The Morgan fingerprint density at radius 1 is 1.53 bits per heavy atom. The number of nitriles is 1. The Balaban J connectivity index is 2.22. The standard InChI is InChI=1S/C12H10ClN3O/c1-16(7-9-2-3-17-8-9)12-5-10(6-14)4-11(13)15-12/h2-5,8H,7H2,1H3. The minimum Gasteiger partial charge on any atom is -0.472 e. The van der Waals surface area contributed by atoms with Crippen LogP contribution >= 0.6 is 11.6 Å². The van der Waals surface area contributed by atoms with Gasteiger partial charge in [-0.15, -0.1) is 0 Å². The minimum atomic E-state index is 0.318. The lowest BCUT2D eigenvalue weighted by Gasteiger charge is -2.17. The molecule has 0 aromatic carbocycles. The van der Waals surface area contributed by atoms with Crippen LogP contribution in [0.25, 0.3) is 0 Å². The number of hydrogen-bond acceptors (Lipinski definition) is 4. The van der Waals surface area contributed by atoms with E-state index in [9.17, 15) is 0 Å². The van der Waals surface area contributed by atoms with Gasteiger partial charge in [-0.3, -0.25) is 0 Å². The van der Waals surface area contributed by atoms with E-state index in [4.69, 9.17) is 21.3 Å². The maximum atomic E-state index is 8.86. The molecule has 2 aromatic heterocycles. The fraction of sp³-hybridized carbons (Fsp3) is 0.167. The first kappa shape index (κ1) is 11.5. The summed E-state index contributed by atoms with van der Waals surface area (Å²) in [4.78, 5) is 6.07. The van der Waals surface area contributed by atoms with Crippen molar-refractivity contribution < 1.29 is 4.42 Å². The van der Waals surface area contributed by atoms with Gasteiger partial charge in [0.15, 0.2) is 0 Å². The fourth-order valence-electron chi connectivity index (χ4n) is 1.48. The first-order valence-electron chi connectivity index (χ1n) is 4.99. The molecule has 0 spiro atoms. The number of nitrogens with zero attached hydrogens (tertiary/aromatic N) is 3. The molecule has 0 radical (unpaired) electrons. The number of anilines is 1. The second kappa shape index (κ2) is 4.89. The van der Waals surface area contributed by atoms with Crippen molar-refractivity contribution in [2.75, 3.05) is 11.9 Å². The Hall–Kier alpha value is -1.99. The zero-order valence-corrected chi connectivity index (χ0v) is 9.98. The average Bonchev–Trinajstić information content (AvgIpc) is 2.81. The highest BCUT2D eigenvalue weighted by Gasteiger charge is 2.07. The number of aromatic nitrogens is 1. The van der Waals surface area contributed by atoms with Crippen molar-refractivity contribution in [1.29, 1.82) is 5.26 Å².